The minimum Gasteiger partial charge on any atom is -0.368 e. The Morgan fingerprint density at radius 1 is 1.12 bits per heavy atom. The van der Waals surface area contributed by atoms with Crippen LogP contribution in [0.15, 0.2) is 47.4 Å². The third-order valence-electron chi connectivity index (χ3n) is 5.65. The Morgan fingerprint density at radius 2 is 1.88 bits per heavy atom. The van der Waals surface area contributed by atoms with E-state index in [9.17, 15) is 9.18 Å². The number of carbonyl (C=O) groups is 1. The molecule has 0 spiro atoms. The number of aryl methyl sites for hydroxylation is 1. The van der Waals surface area contributed by atoms with Gasteiger partial charge in [0.25, 0.3) is 5.91 Å². The van der Waals surface area contributed by atoms with Crippen LogP contribution < -0.4 is 15.1 Å². The fourth-order valence-corrected chi connectivity index (χ4v) is 3.96. The van der Waals surface area contributed by atoms with E-state index in [1.165, 1.54) is 12.1 Å². The third-order valence-corrected chi connectivity index (χ3v) is 5.65. The van der Waals surface area contributed by atoms with Crippen LogP contribution in [0, 0.1) is 12.7 Å². The van der Waals surface area contributed by atoms with Crippen molar-refractivity contribution in [3.63, 3.8) is 0 Å². The maximum absolute atomic E-state index is 13.2. The molecule has 170 valence electrons. The van der Waals surface area contributed by atoms with E-state index in [1.54, 1.807) is 42.3 Å². The number of anilines is 2. The van der Waals surface area contributed by atoms with Crippen molar-refractivity contribution in [1.82, 2.24) is 30.2 Å². The second-order valence-electron chi connectivity index (χ2n) is 7.83. The molecule has 5 rings (SSSR count). The lowest BCUT2D eigenvalue weighted by atomic mass is 10.2. The van der Waals surface area contributed by atoms with Gasteiger partial charge in [-0.05, 0) is 31.2 Å². The monoisotopic (exact) mass is 450 g/mol. The summed E-state index contributed by atoms with van der Waals surface area (Å²) in [5.41, 5.74) is 1.98. The number of amides is 1. The molecule has 0 bridgehead atoms. The second kappa shape index (κ2) is 8.85. The van der Waals surface area contributed by atoms with Crippen LogP contribution in [0.1, 0.15) is 16.2 Å². The van der Waals surface area contributed by atoms with E-state index < -0.39 is 0 Å². The summed E-state index contributed by atoms with van der Waals surface area (Å²) in [6, 6.07) is 8.17. The van der Waals surface area contributed by atoms with Crippen molar-refractivity contribution in [2.45, 2.75) is 13.5 Å². The van der Waals surface area contributed by atoms with E-state index in [2.05, 4.69) is 35.3 Å². The Labute approximate surface area is 189 Å². The molecule has 0 radical (unpaired) electrons. The molecule has 1 N–H and O–H groups in total. The van der Waals surface area contributed by atoms with Crippen LogP contribution in [0.2, 0.25) is 0 Å². The number of rotatable bonds is 6. The van der Waals surface area contributed by atoms with Gasteiger partial charge in [0.1, 0.15) is 23.7 Å². The summed E-state index contributed by atoms with van der Waals surface area (Å²) in [6.07, 6.45) is 3.30. The highest BCUT2D eigenvalue weighted by molar-refractivity contribution is 5.92. The molecule has 0 saturated carbocycles. The van der Waals surface area contributed by atoms with Crippen molar-refractivity contribution in [1.29, 1.82) is 0 Å². The number of carbonyl (C=O) groups excluding carboxylic acids is 1. The first kappa shape index (κ1) is 20.9. The smallest absolute Gasteiger partial charge is 0.273 e. The number of nitrogens with zero attached hydrogens (tertiary/aromatic N) is 7. The van der Waals surface area contributed by atoms with Gasteiger partial charge in [0.15, 0.2) is 11.3 Å². The quantitative estimate of drug-likeness (QED) is 0.476. The van der Waals surface area contributed by atoms with Crippen molar-refractivity contribution in [3.05, 3.63) is 60.1 Å². The van der Waals surface area contributed by atoms with Crippen molar-refractivity contribution in [2.75, 3.05) is 42.5 Å². The van der Waals surface area contributed by atoms with E-state index in [-0.39, 0.29) is 17.4 Å². The standard InChI is InChI=1S/C22H23FN8O2/c1-15-12-19(28-33-15)22(32)24-6-7-31-21-18(13-27-31)20(25-14-26-21)30-10-8-29(9-11-30)17-4-2-16(23)3-5-17/h2-5,12-14H,6-11H2,1H3,(H,24,32). The topological polar surface area (TPSA) is 105 Å². The maximum Gasteiger partial charge on any atom is 0.273 e. The molecule has 4 heterocycles. The van der Waals surface area contributed by atoms with Crippen molar-refractivity contribution in [2.24, 2.45) is 0 Å². The maximum atomic E-state index is 13.2. The molecule has 0 atom stereocenters. The lowest BCUT2D eigenvalue weighted by Crippen LogP contribution is -2.46. The summed E-state index contributed by atoms with van der Waals surface area (Å²) in [6.45, 7) is 5.74. The Morgan fingerprint density at radius 3 is 2.61 bits per heavy atom. The Hall–Kier alpha value is -4.02. The highest BCUT2D eigenvalue weighted by Gasteiger charge is 2.21. The van der Waals surface area contributed by atoms with Gasteiger partial charge in [-0.3, -0.25) is 4.79 Å². The second-order valence-corrected chi connectivity index (χ2v) is 7.83. The zero-order valence-corrected chi connectivity index (χ0v) is 18.1. The first-order valence-corrected chi connectivity index (χ1v) is 10.7. The van der Waals surface area contributed by atoms with E-state index >= 15 is 0 Å². The van der Waals surface area contributed by atoms with Gasteiger partial charge in [-0.2, -0.15) is 5.10 Å². The third kappa shape index (κ3) is 4.34. The molecule has 10 nitrogen and oxygen atoms in total. The van der Waals surface area contributed by atoms with Gasteiger partial charge < -0.3 is 19.6 Å². The molecule has 33 heavy (non-hydrogen) atoms. The average Bonchev–Trinajstić information content (AvgIpc) is 3.46. The Bertz CT molecular complexity index is 1260. The molecule has 1 aromatic carbocycles. The highest BCUT2D eigenvalue weighted by atomic mass is 19.1. The average molecular weight is 450 g/mol. The predicted octanol–water partition coefficient (Wildman–Crippen LogP) is 2.02. The molecular formula is C22H23FN8O2. The van der Waals surface area contributed by atoms with Crippen molar-refractivity contribution in [3.8, 4) is 0 Å². The number of piperazine rings is 1. The molecule has 0 unspecified atom stereocenters. The zero-order valence-electron chi connectivity index (χ0n) is 18.1. The summed E-state index contributed by atoms with van der Waals surface area (Å²) in [5, 5.41) is 11.8. The van der Waals surface area contributed by atoms with Crippen LogP contribution >= 0.6 is 0 Å². The van der Waals surface area contributed by atoms with Crippen LogP contribution in [0.5, 0.6) is 0 Å². The van der Waals surface area contributed by atoms with Crippen LogP contribution in [0.4, 0.5) is 15.9 Å². The SMILES string of the molecule is Cc1cc(C(=O)NCCn2ncc3c(N4CCN(c5ccc(F)cc5)CC4)ncnc32)no1. The molecule has 4 aromatic rings. The first-order chi connectivity index (χ1) is 16.1. The van der Waals surface area contributed by atoms with Gasteiger partial charge in [0.05, 0.1) is 18.1 Å². The fourth-order valence-electron chi connectivity index (χ4n) is 3.96. The van der Waals surface area contributed by atoms with Gasteiger partial charge in [0.2, 0.25) is 0 Å². The lowest BCUT2D eigenvalue weighted by molar-refractivity contribution is 0.0943. The Kier molecular flexibility index (Phi) is 5.59. The van der Waals surface area contributed by atoms with Crippen molar-refractivity contribution >= 4 is 28.4 Å². The fraction of sp³-hybridized carbons (Fsp3) is 0.318. The molecule has 1 aliphatic heterocycles. The number of aromatic nitrogens is 5. The van der Waals surface area contributed by atoms with Crippen LogP contribution in [0.25, 0.3) is 11.0 Å². The largest absolute Gasteiger partial charge is 0.368 e. The van der Waals surface area contributed by atoms with Gasteiger partial charge in [-0.25, -0.2) is 19.0 Å². The number of nitrogens with one attached hydrogen (secondary N) is 1. The summed E-state index contributed by atoms with van der Waals surface area (Å²) >= 11 is 0. The lowest BCUT2D eigenvalue weighted by Gasteiger charge is -2.36. The van der Waals surface area contributed by atoms with Crippen LogP contribution in [-0.4, -0.2) is 63.5 Å². The van der Waals surface area contributed by atoms with Crippen molar-refractivity contribution < 1.29 is 13.7 Å². The highest BCUT2D eigenvalue weighted by Crippen LogP contribution is 2.25. The van der Waals surface area contributed by atoms with Crippen LogP contribution in [-0.2, 0) is 6.54 Å². The van der Waals surface area contributed by atoms with E-state index in [4.69, 9.17) is 4.52 Å². The minimum atomic E-state index is -0.294. The van der Waals surface area contributed by atoms with Crippen LogP contribution in [0.3, 0.4) is 0 Å². The van der Waals surface area contributed by atoms with E-state index in [1.807, 2.05) is 0 Å². The number of halogens is 1. The molecule has 3 aromatic heterocycles. The van der Waals surface area contributed by atoms with E-state index in [0.29, 0.717) is 24.5 Å². The van der Waals surface area contributed by atoms with E-state index in [0.717, 1.165) is 43.1 Å². The predicted molar refractivity (Wildman–Crippen MR) is 120 cm³/mol. The summed E-state index contributed by atoms with van der Waals surface area (Å²) in [5.74, 6) is 0.899. The zero-order chi connectivity index (χ0) is 22.8. The van der Waals surface area contributed by atoms with Gasteiger partial charge in [0, 0.05) is 44.5 Å². The summed E-state index contributed by atoms with van der Waals surface area (Å²) < 4.78 is 19.9. The van der Waals surface area contributed by atoms with Gasteiger partial charge >= 0.3 is 0 Å². The Balaban J connectivity index is 1.23. The van der Waals surface area contributed by atoms with Gasteiger partial charge in [-0.1, -0.05) is 5.16 Å². The molecule has 1 amide bonds. The summed E-state index contributed by atoms with van der Waals surface area (Å²) in [4.78, 5) is 25.5. The molecular weight excluding hydrogens is 427 g/mol. The number of benzene rings is 1. The number of hydrogen-bond acceptors (Lipinski definition) is 8. The normalized spacial score (nSPS) is 14.1. The molecule has 1 aliphatic rings. The molecule has 0 aliphatic carbocycles. The number of fused-ring (bicyclic) bond motifs is 1. The minimum absolute atomic E-state index is 0.231. The van der Waals surface area contributed by atoms with Gasteiger partial charge in [-0.15, -0.1) is 0 Å². The number of hydrogen-bond donors (Lipinski definition) is 1. The first-order valence-electron chi connectivity index (χ1n) is 10.7. The summed E-state index contributed by atoms with van der Waals surface area (Å²) in [7, 11) is 0. The molecule has 1 saturated heterocycles. The molecule has 11 heteroatoms. The molecule has 1 fully saturated rings.